The normalized spacial score (nSPS) is 17.2. The summed E-state index contributed by atoms with van der Waals surface area (Å²) in [4.78, 5) is 17.7. The summed E-state index contributed by atoms with van der Waals surface area (Å²) in [5.41, 5.74) is 2.45. The van der Waals surface area contributed by atoms with Gasteiger partial charge in [-0.2, -0.15) is 0 Å². The molecule has 2 heterocycles. The highest BCUT2D eigenvalue weighted by Crippen LogP contribution is 2.23. The van der Waals surface area contributed by atoms with Crippen molar-refractivity contribution in [2.75, 3.05) is 26.4 Å². The van der Waals surface area contributed by atoms with Crippen LogP contribution >= 0.6 is 0 Å². The number of hydrogen-bond donors (Lipinski definition) is 2. The molecule has 2 aromatic carbocycles. The number of aliphatic hydroxyl groups is 1. The second-order valence-electron chi connectivity index (χ2n) is 6.62. The molecule has 2 N–H and O–H groups in total. The lowest BCUT2D eigenvalue weighted by atomic mass is 10.2. The molecule has 1 aliphatic rings. The number of ether oxygens (including phenoxy) is 2. The first-order valence-electron chi connectivity index (χ1n) is 9.03. The Bertz CT molecular complexity index is 922. The first-order valence-corrected chi connectivity index (χ1v) is 9.03. The van der Waals surface area contributed by atoms with Crippen molar-refractivity contribution in [3.63, 3.8) is 0 Å². The van der Waals surface area contributed by atoms with Gasteiger partial charge in [-0.25, -0.2) is 0 Å². The fourth-order valence-corrected chi connectivity index (χ4v) is 3.28. The molecule has 0 spiro atoms. The van der Waals surface area contributed by atoms with Gasteiger partial charge < -0.3 is 24.5 Å². The van der Waals surface area contributed by atoms with E-state index in [0.29, 0.717) is 32.1 Å². The molecule has 0 aliphatic carbocycles. The summed E-state index contributed by atoms with van der Waals surface area (Å²) in [7, 11) is 0. The lowest BCUT2D eigenvalue weighted by Crippen LogP contribution is -2.50. The summed E-state index contributed by atoms with van der Waals surface area (Å²) in [6.07, 6.45) is 0. The van der Waals surface area contributed by atoms with Crippen molar-refractivity contribution in [1.82, 2.24) is 9.88 Å². The minimum Gasteiger partial charge on any atom is -0.489 e. The zero-order valence-corrected chi connectivity index (χ0v) is 14.9. The third-order valence-electron chi connectivity index (χ3n) is 4.77. The summed E-state index contributed by atoms with van der Waals surface area (Å²) in [6, 6.07) is 17.2. The van der Waals surface area contributed by atoms with E-state index in [9.17, 15) is 9.90 Å². The molecule has 4 rings (SSSR count). The van der Waals surface area contributed by atoms with E-state index < -0.39 is 0 Å². The van der Waals surface area contributed by atoms with Crippen molar-refractivity contribution in [2.45, 2.75) is 12.6 Å². The van der Waals surface area contributed by atoms with E-state index in [1.165, 1.54) is 0 Å². The van der Waals surface area contributed by atoms with Crippen LogP contribution in [0.5, 0.6) is 5.75 Å². The number of aromatic nitrogens is 1. The number of rotatable bonds is 5. The van der Waals surface area contributed by atoms with Crippen LogP contribution < -0.4 is 4.74 Å². The van der Waals surface area contributed by atoms with Crippen LogP contribution in [-0.4, -0.2) is 53.3 Å². The number of aliphatic hydroxyl groups excluding tert-OH is 1. The zero-order valence-electron chi connectivity index (χ0n) is 14.9. The van der Waals surface area contributed by atoms with Crippen molar-refractivity contribution >= 4 is 16.8 Å². The predicted octanol–water partition coefficient (Wildman–Crippen LogP) is 2.58. The van der Waals surface area contributed by atoms with Crippen LogP contribution in [0.15, 0.2) is 54.6 Å². The summed E-state index contributed by atoms with van der Waals surface area (Å²) in [6.45, 7) is 1.71. The molecule has 3 aromatic rings. The molecule has 0 bridgehead atoms. The number of nitrogens with one attached hydrogen (secondary N) is 1. The lowest BCUT2D eigenvalue weighted by molar-refractivity contribution is -0.0186. The maximum absolute atomic E-state index is 12.8. The molecular formula is C21H22N2O4. The molecule has 1 unspecified atom stereocenters. The van der Waals surface area contributed by atoms with E-state index in [0.717, 1.165) is 22.2 Å². The van der Waals surface area contributed by atoms with Gasteiger partial charge in [-0.1, -0.05) is 30.3 Å². The Balaban J connectivity index is 1.51. The molecule has 6 heteroatoms. The maximum Gasteiger partial charge on any atom is 0.270 e. The van der Waals surface area contributed by atoms with Crippen molar-refractivity contribution in [3.05, 3.63) is 65.9 Å². The Morgan fingerprint density at radius 1 is 1.22 bits per heavy atom. The second-order valence-corrected chi connectivity index (χ2v) is 6.62. The van der Waals surface area contributed by atoms with Gasteiger partial charge in [0.1, 0.15) is 18.1 Å². The number of carbonyl (C=O) groups excluding carboxylic acids is 1. The minimum atomic E-state index is -0.303. The number of morpholine rings is 1. The van der Waals surface area contributed by atoms with Gasteiger partial charge >= 0.3 is 0 Å². The Morgan fingerprint density at radius 3 is 2.89 bits per heavy atom. The molecule has 1 amide bonds. The smallest absolute Gasteiger partial charge is 0.270 e. The van der Waals surface area contributed by atoms with Crippen molar-refractivity contribution in [1.29, 1.82) is 0 Å². The fourth-order valence-electron chi connectivity index (χ4n) is 3.28. The van der Waals surface area contributed by atoms with Gasteiger partial charge in [0.15, 0.2) is 0 Å². The van der Waals surface area contributed by atoms with Crippen LogP contribution in [0, 0.1) is 0 Å². The Hall–Kier alpha value is -2.83. The molecule has 27 heavy (non-hydrogen) atoms. The standard InChI is InChI=1S/C21H22N2O4/c24-12-17-14-26-9-8-23(17)21(25)20-10-16-6-7-18(11-19(16)22-20)27-13-15-4-2-1-3-5-15/h1-7,10-11,17,22,24H,8-9,12-14H2. The number of carbonyl (C=O) groups is 1. The van der Waals surface area contributed by atoms with Crippen molar-refractivity contribution in [2.24, 2.45) is 0 Å². The molecule has 1 aliphatic heterocycles. The largest absolute Gasteiger partial charge is 0.489 e. The predicted molar refractivity (Wildman–Crippen MR) is 102 cm³/mol. The fraction of sp³-hybridized carbons (Fsp3) is 0.286. The van der Waals surface area contributed by atoms with E-state index in [-0.39, 0.29) is 18.6 Å². The Labute approximate surface area is 157 Å². The van der Waals surface area contributed by atoms with Gasteiger partial charge in [-0.15, -0.1) is 0 Å². The number of aromatic amines is 1. The SMILES string of the molecule is O=C(c1cc2ccc(OCc3ccccc3)cc2[nH]1)N1CCOCC1CO. The maximum atomic E-state index is 12.8. The summed E-state index contributed by atoms with van der Waals surface area (Å²) >= 11 is 0. The van der Waals surface area contributed by atoms with E-state index in [1.54, 1.807) is 4.90 Å². The van der Waals surface area contributed by atoms with Gasteiger partial charge in [-0.3, -0.25) is 4.79 Å². The molecule has 6 nitrogen and oxygen atoms in total. The molecular weight excluding hydrogens is 344 g/mol. The molecule has 1 aromatic heterocycles. The number of H-pyrrole nitrogens is 1. The van der Waals surface area contributed by atoms with Gasteiger partial charge in [0.25, 0.3) is 5.91 Å². The third-order valence-corrected chi connectivity index (χ3v) is 4.77. The average Bonchev–Trinajstić information content (AvgIpc) is 3.16. The van der Waals surface area contributed by atoms with E-state index in [2.05, 4.69) is 4.98 Å². The number of hydrogen-bond acceptors (Lipinski definition) is 4. The van der Waals surface area contributed by atoms with Crippen molar-refractivity contribution < 1.29 is 19.4 Å². The molecule has 1 fully saturated rings. The van der Waals surface area contributed by atoms with Crippen LogP contribution in [0.3, 0.4) is 0 Å². The number of nitrogens with zero attached hydrogens (tertiary/aromatic N) is 1. The first kappa shape index (κ1) is 17.6. The van der Waals surface area contributed by atoms with Crippen LogP contribution in [0.25, 0.3) is 10.9 Å². The summed E-state index contributed by atoms with van der Waals surface area (Å²) < 4.78 is 11.2. The van der Waals surface area contributed by atoms with E-state index >= 15 is 0 Å². The van der Waals surface area contributed by atoms with Crippen molar-refractivity contribution in [3.8, 4) is 5.75 Å². The molecule has 1 atom stereocenters. The Morgan fingerprint density at radius 2 is 2.07 bits per heavy atom. The van der Waals surface area contributed by atoms with Crippen LogP contribution in [0.4, 0.5) is 0 Å². The van der Waals surface area contributed by atoms with Crippen LogP contribution in [-0.2, 0) is 11.3 Å². The molecule has 1 saturated heterocycles. The highest BCUT2D eigenvalue weighted by molar-refractivity contribution is 5.98. The molecule has 140 valence electrons. The number of amides is 1. The highest BCUT2D eigenvalue weighted by atomic mass is 16.5. The Kier molecular flexibility index (Phi) is 5.09. The molecule has 0 radical (unpaired) electrons. The van der Waals surface area contributed by atoms with Gasteiger partial charge in [0.2, 0.25) is 0 Å². The van der Waals surface area contributed by atoms with Gasteiger partial charge in [-0.05, 0) is 23.8 Å². The lowest BCUT2D eigenvalue weighted by Gasteiger charge is -2.34. The van der Waals surface area contributed by atoms with Gasteiger partial charge in [0.05, 0.1) is 25.9 Å². The first-order chi connectivity index (χ1) is 13.2. The summed E-state index contributed by atoms with van der Waals surface area (Å²) in [5.74, 6) is 0.618. The highest BCUT2D eigenvalue weighted by Gasteiger charge is 2.28. The molecule has 0 saturated carbocycles. The second kappa shape index (κ2) is 7.82. The van der Waals surface area contributed by atoms with E-state index in [1.807, 2.05) is 54.6 Å². The van der Waals surface area contributed by atoms with Gasteiger partial charge in [0, 0.05) is 23.5 Å². The number of fused-ring (bicyclic) bond motifs is 1. The zero-order chi connectivity index (χ0) is 18.6. The number of benzene rings is 2. The van der Waals surface area contributed by atoms with Crippen LogP contribution in [0.1, 0.15) is 16.1 Å². The minimum absolute atomic E-state index is 0.108. The third kappa shape index (κ3) is 3.82. The monoisotopic (exact) mass is 366 g/mol. The van der Waals surface area contributed by atoms with Crippen LogP contribution in [0.2, 0.25) is 0 Å². The quantitative estimate of drug-likeness (QED) is 0.728. The topological polar surface area (TPSA) is 74.8 Å². The summed E-state index contributed by atoms with van der Waals surface area (Å²) in [5, 5.41) is 10.4. The van der Waals surface area contributed by atoms with E-state index in [4.69, 9.17) is 9.47 Å². The average molecular weight is 366 g/mol.